The highest BCUT2D eigenvalue weighted by molar-refractivity contribution is 6.00. The smallest absolute Gasteiger partial charge is 0.0437 e. The summed E-state index contributed by atoms with van der Waals surface area (Å²) in [5.41, 5.74) is 7.92. The molecule has 0 unspecified atom stereocenters. The molecule has 0 saturated carbocycles. The molecule has 0 spiro atoms. The van der Waals surface area contributed by atoms with Crippen LogP contribution < -0.4 is 11.1 Å². The molecule has 114 valence electrons. The molecule has 2 rings (SSSR count). The highest BCUT2D eigenvalue weighted by Gasteiger charge is 2.04. The molecule has 0 saturated heterocycles. The summed E-state index contributed by atoms with van der Waals surface area (Å²) in [6.07, 6.45) is 6.01. The van der Waals surface area contributed by atoms with Gasteiger partial charge >= 0.3 is 0 Å². The molecule has 0 aliphatic heterocycles. The van der Waals surface area contributed by atoms with Crippen molar-refractivity contribution in [2.75, 3.05) is 31.2 Å². The molecule has 4 heteroatoms. The molecule has 1 aromatic carbocycles. The summed E-state index contributed by atoms with van der Waals surface area (Å²) in [6, 6.07) is 6.58. The van der Waals surface area contributed by atoms with Crippen LogP contribution in [0.25, 0.3) is 10.8 Å². The third-order valence-corrected chi connectivity index (χ3v) is 3.99. The second-order valence-electron chi connectivity index (χ2n) is 5.83. The largest absolute Gasteiger partial charge is 0.398 e. The van der Waals surface area contributed by atoms with E-state index in [0.29, 0.717) is 6.04 Å². The van der Waals surface area contributed by atoms with Crippen LogP contribution in [0.15, 0.2) is 30.6 Å². The summed E-state index contributed by atoms with van der Waals surface area (Å²) in [5, 5.41) is 5.66. The Balaban J connectivity index is 1.88. The number of hydrogen-bond donors (Lipinski definition) is 2. The molecule has 0 fully saturated rings. The molecule has 0 aliphatic rings. The van der Waals surface area contributed by atoms with Gasteiger partial charge < -0.3 is 16.0 Å². The van der Waals surface area contributed by atoms with Gasteiger partial charge in [-0.2, -0.15) is 0 Å². The Bertz CT molecular complexity index is 580. The van der Waals surface area contributed by atoms with Crippen LogP contribution in [0, 0.1) is 0 Å². The molecule has 2 aromatic rings. The Labute approximate surface area is 127 Å². The SMILES string of the molecule is CC(C)N(C)CCCCNc1ccc(N)c2ccncc12. The Morgan fingerprint density at radius 1 is 1.19 bits per heavy atom. The minimum absolute atomic E-state index is 0.616. The molecule has 1 heterocycles. The number of nitrogen functional groups attached to an aromatic ring is 1. The lowest BCUT2D eigenvalue weighted by Crippen LogP contribution is -2.27. The standard InChI is InChI=1S/C17H26N4/c1-13(2)21(3)11-5-4-9-20-17-7-6-16(18)14-8-10-19-12-15(14)17/h6-8,10,12-13,20H,4-5,9,11,18H2,1-3H3. The quantitative estimate of drug-likeness (QED) is 0.605. The molecular formula is C17H26N4. The van der Waals surface area contributed by atoms with E-state index in [0.717, 1.165) is 41.7 Å². The summed E-state index contributed by atoms with van der Waals surface area (Å²) >= 11 is 0. The molecule has 0 amide bonds. The van der Waals surface area contributed by atoms with Gasteiger partial charge in [-0.25, -0.2) is 0 Å². The van der Waals surface area contributed by atoms with Crippen molar-refractivity contribution in [1.29, 1.82) is 0 Å². The maximum atomic E-state index is 6.00. The molecule has 0 radical (unpaired) electrons. The highest BCUT2D eigenvalue weighted by atomic mass is 15.1. The van der Waals surface area contributed by atoms with Crippen LogP contribution in [0.5, 0.6) is 0 Å². The monoisotopic (exact) mass is 286 g/mol. The third-order valence-electron chi connectivity index (χ3n) is 3.99. The van der Waals surface area contributed by atoms with Gasteiger partial charge in [-0.1, -0.05) is 0 Å². The first-order chi connectivity index (χ1) is 10.1. The summed E-state index contributed by atoms with van der Waals surface area (Å²) in [7, 11) is 2.18. The first kappa shape index (κ1) is 15.6. The fourth-order valence-corrected chi connectivity index (χ4v) is 2.34. The summed E-state index contributed by atoms with van der Waals surface area (Å²) in [6.45, 7) is 6.57. The fourth-order valence-electron chi connectivity index (χ4n) is 2.34. The van der Waals surface area contributed by atoms with Gasteiger partial charge in [0.15, 0.2) is 0 Å². The van der Waals surface area contributed by atoms with Gasteiger partial charge in [-0.05, 0) is 58.5 Å². The normalized spacial score (nSPS) is 11.5. The maximum Gasteiger partial charge on any atom is 0.0437 e. The number of fused-ring (bicyclic) bond motifs is 1. The van der Waals surface area contributed by atoms with Crippen molar-refractivity contribution in [3.63, 3.8) is 0 Å². The number of pyridine rings is 1. The van der Waals surface area contributed by atoms with Crippen molar-refractivity contribution in [3.8, 4) is 0 Å². The number of aromatic nitrogens is 1. The lowest BCUT2D eigenvalue weighted by Gasteiger charge is -2.20. The molecule has 0 atom stereocenters. The predicted octanol–water partition coefficient (Wildman–Crippen LogP) is 3.35. The van der Waals surface area contributed by atoms with E-state index in [1.165, 1.54) is 6.42 Å². The average molecular weight is 286 g/mol. The fraction of sp³-hybridized carbons (Fsp3) is 0.471. The van der Waals surface area contributed by atoms with E-state index in [4.69, 9.17) is 5.73 Å². The number of hydrogen-bond acceptors (Lipinski definition) is 4. The van der Waals surface area contributed by atoms with Crippen LogP contribution in [-0.2, 0) is 0 Å². The molecular weight excluding hydrogens is 260 g/mol. The van der Waals surface area contributed by atoms with Gasteiger partial charge in [0.2, 0.25) is 0 Å². The van der Waals surface area contributed by atoms with Gasteiger partial charge in [0.1, 0.15) is 0 Å². The zero-order valence-electron chi connectivity index (χ0n) is 13.3. The molecule has 3 N–H and O–H groups in total. The van der Waals surface area contributed by atoms with E-state index in [9.17, 15) is 0 Å². The Morgan fingerprint density at radius 2 is 2.00 bits per heavy atom. The van der Waals surface area contributed by atoms with Gasteiger partial charge in [0.25, 0.3) is 0 Å². The maximum absolute atomic E-state index is 6.00. The second-order valence-corrected chi connectivity index (χ2v) is 5.83. The van der Waals surface area contributed by atoms with Gasteiger partial charge in [0, 0.05) is 47.1 Å². The second kappa shape index (κ2) is 7.27. The van der Waals surface area contributed by atoms with Crippen molar-refractivity contribution in [2.24, 2.45) is 0 Å². The van der Waals surface area contributed by atoms with Gasteiger partial charge in [0.05, 0.1) is 0 Å². The minimum Gasteiger partial charge on any atom is -0.398 e. The summed E-state index contributed by atoms with van der Waals surface area (Å²) in [4.78, 5) is 6.58. The van der Waals surface area contributed by atoms with Crippen molar-refractivity contribution in [2.45, 2.75) is 32.7 Å². The van der Waals surface area contributed by atoms with Gasteiger partial charge in [-0.3, -0.25) is 4.98 Å². The van der Waals surface area contributed by atoms with E-state index in [1.807, 2.05) is 24.4 Å². The molecule has 0 aliphatic carbocycles. The first-order valence-electron chi connectivity index (χ1n) is 7.66. The lowest BCUT2D eigenvalue weighted by molar-refractivity contribution is 0.269. The Kier molecular flexibility index (Phi) is 5.39. The van der Waals surface area contributed by atoms with Crippen molar-refractivity contribution < 1.29 is 0 Å². The van der Waals surface area contributed by atoms with Crippen molar-refractivity contribution in [1.82, 2.24) is 9.88 Å². The van der Waals surface area contributed by atoms with Gasteiger partial charge in [-0.15, -0.1) is 0 Å². The number of anilines is 2. The van der Waals surface area contributed by atoms with Crippen LogP contribution >= 0.6 is 0 Å². The molecule has 21 heavy (non-hydrogen) atoms. The number of unbranched alkanes of at least 4 members (excludes halogenated alkanes) is 1. The molecule has 1 aromatic heterocycles. The third kappa shape index (κ3) is 4.08. The first-order valence-corrected chi connectivity index (χ1v) is 7.66. The number of nitrogens with one attached hydrogen (secondary N) is 1. The average Bonchev–Trinajstić information content (AvgIpc) is 2.49. The zero-order valence-corrected chi connectivity index (χ0v) is 13.3. The van der Waals surface area contributed by atoms with Crippen LogP contribution in [0.1, 0.15) is 26.7 Å². The summed E-state index contributed by atoms with van der Waals surface area (Å²) in [5.74, 6) is 0. The highest BCUT2D eigenvalue weighted by Crippen LogP contribution is 2.27. The van der Waals surface area contributed by atoms with Crippen LogP contribution in [0.3, 0.4) is 0 Å². The Morgan fingerprint density at radius 3 is 2.76 bits per heavy atom. The van der Waals surface area contributed by atoms with Crippen molar-refractivity contribution >= 4 is 22.1 Å². The summed E-state index contributed by atoms with van der Waals surface area (Å²) < 4.78 is 0. The zero-order chi connectivity index (χ0) is 15.2. The lowest BCUT2D eigenvalue weighted by atomic mass is 10.1. The van der Waals surface area contributed by atoms with Crippen molar-refractivity contribution in [3.05, 3.63) is 30.6 Å². The topological polar surface area (TPSA) is 54.2 Å². The number of rotatable bonds is 7. The van der Waals surface area contributed by atoms with E-state index < -0.39 is 0 Å². The Hall–Kier alpha value is -1.81. The van der Waals surface area contributed by atoms with E-state index in [2.05, 4.69) is 36.1 Å². The minimum atomic E-state index is 0.616. The van der Waals surface area contributed by atoms with E-state index in [1.54, 1.807) is 6.20 Å². The van der Waals surface area contributed by atoms with E-state index in [-0.39, 0.29) is 0 Å². The van der Waals surface area contributed by atoms with Crippen LogP contribution in [0.2, 0.25) is 0 Å². The number of benzene rings is 1. The molecule has 0 bridgehead atoms. The number of nitrogens with zero attached hydrogens (tertiary/aromatic N) is 2. The van der Waals surface area contributed by atoms with E-state index >= 15 is 0 Å². The van der Waals surface area contributed by atoms with Crippen LogP contribution in [0.4, 0.5) is 11.4 Å². The van der Waals surface area contributed by atoms with Crippen LogP contribution in [-0.4, -0.2) is 36.1 Å². The predicted molar refractivity (Wildman–Crippen MR) is 91.6 cm³/mol. The number of nitrogens with two attached hydrogens (primary N) is 1. The molecule has 4 nitrogen and oxygen atoms in total.